The number of hydrogen-bond donors (Lipinski definition) is 3. The second-order valence-electron chi connectivity index (χ2n) is 4.62. The lowest BCUT2D eigenvalue weighted by molar-refractivity contribution is -0.119. The Morgan fingerprint density at radius 3 is 2.50 bits per heavy atom. The van der Waals surface area contributed by atoms with Crippen molar-refractivity contribution in [1.29, 1.82) is 0 Å². The zero-order valence-electron chi connectivity index (χ0n) is 10.4. The van der Waals surface area contributed by atoms with Gasteiger partial charge in [-0.25, -0.2) is 13.1 Å². The molecule has 0 saturated heterocycles. The van der Waals surface area contributed by atoms with Crippen molar-refractivity contribution in [3.05, 3.63) is 18.2 Å². The molecule has 0 fully saturated rings. The van der Waals surface area contributed by atoms with Gasteiger partial charge < -0.3 is 10.6 Å². The zero-order valence-corrected chi connectivity index (χ0v) is 11.2. The lowest BCUT2D eigenvalue weighted by Crippen LogP contribution is -2.47. The van der Waals surface area contributed by atoms with E-state index in [-0.39, 0.29) is 10.8 Å². The third-order valence-corrected chi connectivity index (χ3v) is 4.25. The first-order chi connectivity index (χ1) is 8.26. The molecule has 1 heterocycles. The molecular weight excluding hydrogens is 254 g/mol. The second-order valence-corrected chi connectivity index (χ2v) is 6.51. The highest BCUT2D eigenvalue weighted by Gasteiger charge is 2.33. The molecular formula is C11H15N3O3S. The van der Waals surface area contributed by atoms with E-state index in [1.54, 1.807) is 19.9 Å². The Balaban J connectivity index is 2.48. The summed E-state index contributed by atoms with van der Waals surface area (Å²) in [5.41, 5.74) is 0.460. The summed E-state index contributed by atoms with van der Waals surface area (Å²) in [5, 5.41) is 5.75. The number of carbonyl (C=O) groups excluding carboxylic acids is 1. The van der Waals surface area contributed by atoms with Crippen LogP contribution in [0.1, 0.15) is 13.8 Å². The Hall–Kier alpha value is -1.60. The van der Waals surface area contributed by atoms with E-state index in [1.807, 2.05) is 0 Å². The molecule has 2 rings (SSSR count). The number of nitrogens with one attached hydrogen (secondary N) is 3. The number of hydrogen-bond acceptors (Lipinski definition) is 4. The SMILES string of the molecule is CNS(=O)(=O)c1ccc2c(c1)NC(=O)C(C)(C)N2. The minimum atomic E-state index is -3.51. The Kier molecular flexibility index (Phi) is 2.83. The van der Waals surface area contributed by atoms with Crippen molar-refractivity contribution in [2.75, 3.05) is 17.7 Å². The molecule has 3 N–H and O–H groups in total. The summed E-state index contributed by atoms with van der Waals surface area (Å²) in [6.07, 6.45) is 0. The van der Waals surface area contributed by atoms with Crippen molar-refractivity contribution >= 4 is 27.3 Å². The molecule has 0 atom stereocenters. The van der Waals surface area contributed by atoms with Gasteiger partial charge in [-0.2, -0.15) is 0 Å². The number of amides is 1. The van der Waals surface area contributed by atoms with E-state index in [0.29, 0.717) is 11.4 Å². The van der Waals surface area contributed by atoms with Gasteiger partial charge >= 0.3 is 0 Å². The minimum absolute atomic E-state index is 0.116. The van der Waals surface area contributed by atoms with Crippen molar-refractivity contribution in [3.8, 4) is 0 Å². The van der Waals surface area contributed by atoms with Crippen LogP contribution in [-0.4, -0.2) is 26.9 Å². The summed E-state index contributed by atoms with van der Waals surface area (Å²) in [7, 11) is -2.16. The molecule has 6 nitrogen and oxygen atoms in total. The van der Waals surface area contributed by atoms with Crippen LogP contribution in [0, 0.1) is 0 Å². The molecule has 1 aromatic carbocycles. The van der Waals surface area contributed by atoms with Gasteiger partial charge in [-0.1, -0.05) is 0 Å². The maximum atomic E-state index is 11.8. The average Bonchev–Trinajstić information content (AvgIpc) is 2.29. The van der Waals surface area contributed by atoms with E-state index >= 15 is 0 Å². The Bertz CT molecular complexity index is 608. The molecule has 0 spiro atoms. The molecule has 0 aromatic heterocycles. The van der Waals surface area contributed by atoms with E-state index in [2.05, 4.69) is 15.4 Å². The molecule has 0 aliphatic carbocycles. The number of fused-ring (bicyclic) bond motifs is 1. The van der Waals surface area contributed by atoms with Gasteiger partial charge in [0.05, 0.1) is 16.3 Å². The number of benzene rings is 1. The van der Waals surface area contributed by atoms with E-state index in [1.165, 1.54) is 19.2 Å². The van der Waals surface area contributed by atoms with Gasteiger partial charge in [0.25, 0.3) is 0 Å². The summed E-state index contributed by atoms with van der Waals surface area (Å²) < 4.78 is 25.5. The third kappa shape index (κ3) is 2.06. The highest BCUT2D eigenvalue weighted by molar-refractivity contribution is 7.89. The first kappa shape index (κ1) is 12.8. The highest BCUT2D eigenvalue weighted by Crippen LogP contribution is 2.32. The van der Waals surface area contributed by atoms with Crippen LogP contribution in [0.2, 0.25) is 0 Å². The summed E-state index contributed by atoms with van der Waals surface area (Å²) in [6, 6.07) is 4.56. The fraction of sp³-hybridized carbons (Fsp3) is 0.364. The van der Waals surface area contributed by atoms with E-state index < -0.39 is 15.6 Å². The predicted octanol–water partition coefficient (Wildman–Crippen LogP) is 0.737. The highest BCUT2D eigenvalue weighted by atomic mass is 32.2. The fourth-order valence-corrected chi connectivity index (χ4v) is 2.45. The van der Waals surface area contributed by atoms with Gasteiger partial charge in [0.15, 0.2) is 0 Å². The van der Waals surface area contributed by atoms with Gasteiger partial charge in [-0.05, 0) is 39.1 Å². The van der Waals surface area contributed by atoms with Crippen molar-refractivity contribution in [1.82, 2.24) is 4.72 Å². The summed E-state index contributed by atoms with van der Waals surface area (Å²) in [6.45, 7) is 3.51. The van der Waals surface area contributed by atoms with Crippen LogP contribution < -0.4 is 15.4 Å². The summed E-state index contributed by atoms with van der Waals surface area (Å²) >= 11 is 0. The molecule has 98 valence electrons. The minimum Gasteiger partial charge on any atom is -0.370 e. The molecule has 1 aromatic rings. The van der Waals surface area contributed by atoms with Crippen LogP contribution in [0.25, 0.3) is 0 Å². The van der Waals surface area contributed by atoms with E-state index in [9.17, 15) is 13.2 Å². The van der Waals surface area contributed by atoms with E-state index in [0.717, 1.165) is 0 Å². The lowest BCUT2D eigenvalue weighted by atomic mass is 10.0. The van der Waals surface area contributed by atoms with E-state index in [4.69, 9.17) is 0 Å². The van der Waals surface area contributed by atoms with Crippen LogP contribution in [-0.2, 0) is 14.8 Å². The first-order valence-electron chi connectivity index (χ1n) is 5.43. The van der Waals surface area contributed by atoms with Crippen molar-refractivity contribution in [2.24, 2.45) is 0 Å². The van der Waals surface area contributed by atoms with Crippen LogP contribution in [0.3, 0.4) is 0 Å². The van der Waals surface area contributed by atoms with Crippen molar-refractivity contribution < 1.29 is 13.2 Å². The van der Waals surface area contributed by atoms with Gasteiger partial charge in [0, 0.05) is 0 Å². The summed E-state index contributed by atoms with van der Waals surface area (Å²) in [4.78, 5) is 11.9. The molecule has 1 amide bonds. The Morgan fingerprint density at radius 2 is 1.89 bits per heavy atom. The molecule has 0 unspecified atom stereocenters. The second kappa shape index (κ2) is 3.96. The number of sulfonamides is 1. The maximum absolute atomic E-state index is 11.8. The maximum Gasteiger partial charge on any atom is 0.249 e. The molecule has 1 aliphatic heterocycles. The van der Waals surface area contributed by atoms with Crippen LogP contribution in [0.5, 0.6) is 0 Å². The molecule has 0 bridgehead atoms. The van der Waals surface area contributed by atoms with Gasteiger partial charge in [0.1, 0.15) is 5.54 Å². The molecule has 0 radical (unpaired) electrons. The molecule has 0 saturated carbocycles. The van der Waals surface area contributed by atoms with Gasteiger partial charge in [0.2, 0.25) is 15.9 Å². The standard InChI is InChI=1S/C11H15N3O3S/c1-11(2)10(15)13-9-6-7(18(16,17)12-3)4-5-8(9)14-11/h4-6,12,14H,1-3H3,(H,13,15). The van der Waals surface area contributed by atoms with Crippen LogP contribution in [0.15, 0.2) is 23.1 Å². The monoisotopic (exact) mass is 269 g/mol. The lowest BCUT2D eigenvalue weighted by Gasteiger charge is -2.32. The first-order valence-corrected chi connectivity index (χ1v) is 6.92. The topological polar surface area (TPSA) is 87.3 Å². The van der Waals surface area contributed by atoms with Crippen molar-refractivity contribution in [2.45, 2.75) is 24.3 Å². The van der Waals surface area contributed by atoms with Crippen LogP contribution >= 0.6 is 0 Å². The van der Waals surface area contributed by atoms with Crippen molar-refractivity contribution in [3.63, 3.8) is 0 Å². The Morgan fingerprint density at radius 1 is 1.22 bits per heavy atom. The van der Waals surface area contributed by atoms with Gasteiger partial charge in [-0.3, -0.25) is 4.79 Å². The third-order valence-electron chi connectivity index (χ3n) is 2.83. The normalized spacial score (nSPS) is 17.6. The quantitative estimate of drug-likeness (QED) is 0.739. The largest absolute Gasteiger partial charge is 0.370 e. The number of anilines is 2. The van der Waals surface area contributed by atoms with Gasteiger partial charge in [-0.15, -0.1) is 0 Å². The average molecular weight is 269 g/mol. The number of rotatable bonds is 2. The fourth-order valence-electron chi connectivity index (χ4n) is 1.69. The summed E-state index contributed by atoms with van der Waals surface area (Å²) in [5.74, 6) is -0.200. The molecule has 7 heteroatoms. The zero-order chi connectivity index (χ0) is 13.6. The smallest absolute Gasteiger partial charge is 0.249 e. The predicted molar refractivity (Wildman–Crippen MR) is 69.0 cm³/mol. The number of carbonyl (C=O) groups is 1. The Labute approximate surface area is 106 Å². The van der Waals surface area contributed by atoms with Crippen LogP contribution in [0.4, 0.5) is 11.4 Å². The molecule has 18 heavy (non-hydrogen) atoms. The molecule has 1 aliphatic rings.